The van der Waals surface area contributed by atoms with Crippen LogP contribution in [0.4, 0.5) is 13.2 Å². The molecule has 3 aromatic rings. The van der Waals surface area contributed by atoms with Crippen molar-refractivity contribution in [3.05, 3.63) is 64.0 Å². The van der Waals surface area contributed by atoms with Crippen LogP contribution in [0.5, 0.6) is 11.5 Å². The van der Waals surface area contributed by atoms with E-state index in [9.17, 15) is 13.2 Å². The molecule has 0 radical (unpaired) electrons. The van der Waals surface area contributed by atoms with Crippen LogP contribution in [0, 0.1) is 0 Å². The molecule has 0 saturated heterocycles. The molecule has 3 nitrogen and oxygen atoms in total. The highest BCUT2D eigenvalue weighted by Crippen LogP contribution is 2.31. The van der Waals surface area contributed by atoms with Crippen molar-refractivity contribution < 1.29 is 22.6 Å². The molecule has 0 bridgehead atoms. The van der Waals surface area contributed by atoms with E-state index in [4.69, 9.17) is 9.47 Å². The van der Waals surface area contributed by atoms with Crippen LogP contribution in [-0.4, -0.2) is 18.7 Å². The maximum atomic E-state index is 12.7. The van der Waals surface area contributed by atoms with Gasteiger partial charge >= 0.3 is 6.18 Å². The van der Waals surface area contributed by atoms with Crippen LogP contribution in [-0.2, 0) is 19.0 Å². The maximum Gasteiger partial charge on any atom is 0.416 e. The van der Waals surface area contributed by atoms with E-state index >= 15 is 0 Å². The van der Waals surface area contributed by atoms with Gasteiger partial charge in [-0.2, -0.15) is 13.2 Å². The van der Waals surface area contributed by atoms with Crippen molar-refractivity contribution in [1.82, 2.24) is 4.98 Å². The second-order valence-electron chi connectivity index (χ2n) is 6.49. The topological polar surface area (TPSA) is 31.4 Å². The third kappa shape index (κ3) is 5.50. The molecule has 0 saturated carbocycles. The Balaban J connectivity index is 1.55. The van der Waals surface area contributed by atoms with E-state index in [1.54, 1.807) is 7.11 Å². The van der Waals surface area contributed by atoms with E-state index < -0.39 is 11.7 Å². The smallest absolute Gasteiger partial charge is 0.416 e. The number of methoxy groups -OCH3 is 1. The van der Waals surface area contributed by atoms with Crippen LogP contribution >= 0.6 is 11.3 Å². The molecular formula is C22H22F3NO2S. The first-order chi connectivity index (χ1) is 13.9. The summed E-state index contributed by atoms with van der Waals surface area (Å²) in [7, 11) is 1.62. The van der Waals surface area contributed by atoms with Crippen LogP contribution in [0.3, 0.4) is 0 Å². The minimum Gasteiger partial charge on any atom is -0.493 e. The van der Waals surface area contributed by atoms with Gasteiger partial charge in [0, 0.05) is 17.4 Å². The Kier molecular flexibility index (Phi) is 6.79. The van der Waals surface area contributed by atoms with Gasteiger partial charge in [-0.15, -0.1) is 11.3 Å². The van der Waals surface area contributed by atoms with Crippen LogP contribution < -0.4 is 9.47 Å². The van der Waals surface area contributed by atoms with Crippen LogP contribution in [0.2, 0.25) is 0 Å². The summed E-state index contributed by atoms with van der Waals surface area (Å²) in [4.78, 5) is 4.54. The van der Waals surface area contributed by atoms with Crippen LogP contribution in [0.15, 0.2) is 47.8 Å². The van der Waals surface area contributed by atoms with E-state index in [2.05, 4.69) is 11.9 Å². The predicted molar refractivity (Wildman–Crippen MR) is 109 cm³/mol. The number of halogens is 3. The number of hydrogen-bond donors (Lipinski definition) is 0. The first kappa shape index (κ1) is 21.2. The minimum atomic E-state index is -4.33. The Morgan fingerprint density at radius 3 is 2.45 bits per heavy atom. The maximum absolute atomic E-state index is 12.7. The molecule has 1 aromatic heterocycles. The van der Waals surface area contributed by atoms with Crippen LogP contribution in [0.25, 0.3) is 11.3 Å². The second-order valence-corrected chi connectivity index (χ2v) is 7.44. The Morgan fingerprint density at radius 1 is 1.03 bits per heavy atom. The van der Waals surface area contributed by atoms with Crippen LogP contribution in [0.1, 0.15) is 29.5 Å². The van der Waals surface area contributed by atoms with Crippen molar-refractivity contribution in [2.75, 3.05) is 13.7 Å². The first-order valence-electron chi connectivity index (χ1n) is 9.32. The molecule has 0 atom stereocenters. The van der Waals surface area contributed by atoms with Gasteiger partial charge in [0.1, 0.15) is 0 Å². The zero-order chi connectivity index (χ0) is 20.9. The fourth-order valence-corrected chi connectivity index (χ4v) is 3.70. The molecule has 0 aliphatic heterocycles. The van der Waals surface area contributed by atoms with Crippen molar-refractivity contribution in [3.8, 4) is 22.8 Å². The molecule has 0 aliphatic carbocycles. The molecule has 0 aliphatic rings. The number of ether oxygens (including phenoxy) is 2. The van der Waals surface area contributed by atoms with Gasteiger partial charge in [-0.3, -0.25) is 0 Å². The minimum absolute atomic E-state index is 0.527. The molecule has 0 N–H and O–H groups in total. The van der Waals surface area contributed by atoms with Gasteiger partial charge in [-0.1, -0.05) is 25.1 Å². The number of aromatic nitrogens is 1. The average Bonchev–Trinajstić information content (AvgIpc) is 3.19. The normalized spacial score (nSPS) is 11.5. The molecule has 3 rings (SSSR count). The Hall–Kier alpha value is -2.54. The van der Waals surface area contributed by atoms with E-state index in [1.807, 2.05) is 23.6 Å². The summed E-state index contributed by atoms with van der Waals surface area (Å²) in [5.41, 5.74) is 1.90. The molecule has 0 spiro atoms. The third-order valence-corrected chi connectivity index (χ3v) is 5.40. The van der Waals surface area contributed by atoms with E-state index in [0.29, 0.717) is 23.6 Å². The summed E-state index contributed by atoms with van der Waals surface area (Å²) in [6.45, 7) is 2.61. The molecule has 1 heterocycles. The van der Waals surface area contributed by atoms with Gasteiger partial charge in [0.15, 0.2) is 11.5 Å². The Morgan fingerprint density at radius 2 is 1.79 bits per heavy atom. The predicted octanol–water partition coefficient (Wildman–Crippen LogP) is 6.41. The summed E-state index contributed by atoms with van der Waals surface area (Å²) in [5.74, 6) is 1.44. The molecule has 29 heavy (non-hydrogen) atoms. The lowest BCUT2D eigenvalue weighted by atomic mass is 10.1. The monoisotopic (exact) mass is 421 g/mol. The third-order valence-electron chi connectivity index (χ3n) is 4.49. The number of benzene rings is 2. The Bertz CT molecular complexity index is 936. The highest BCUT2D eigenvalue weighted by atomic mass is 32.1. The summed E-state index contributed by atoms with van der Waals surface area (Å²) < 4.78 is 49.2. The number of aryl methyl sites for hydroxylation is 2. The molecule has 0 fully saturated rings. The zero-order valence-corrected chi connectivity index (χ0v) is 17.1. The number of alkyl halides is 3. The number of hydrogen-bond acceptors (Lipinski definition) is 4. The quantitative estimate of drug-likeness (QED) is 0.394. The average molecular weight is 421 g/mol. The summed E-state index contributed by atoms with van der Waals surface area (Å²) in [6, 6.07) is 11.0. The highest BCUT2D eigenvalue weighted by Gasteiger charge is 2.30. The Labute approximate surface area is 172 Å². The van der Waals surface area contributed by atoms with Crippen molar-refractivity contribution in [2.45, 2.75) is 32.4 Å². The first-order valence-corrected chi connectivity index (χ1v) is 10.2. The lowest BCUT2D eigenvalue weighted by Gasteiger charge is -2.11. The zero-order valence-electron chi connectivity index (χ0n) is 16.3. The van der Waals surface area contributed by atoms with Gasteiger partial charge in [-0.05, 0) is 42.7 Å². The fraction of sp³-hybridized carbons (Fsp3) is 0.318. The molecule has 0 amide bonds. The van der Waals surface area contributed by atoms with Gasteiger partial charge in [-0.25, -0.2) is 4.98 Å². The number of rotatable bonds is 8. The standard InChI is InChI=1S/C22H22F3NO2S/c1-3-15-6-11-19(27-2)20(13-15)28-12-4-5-21-26-18(14-29-21)16-7-9-17(10-8-16)22(23,24)25/h6-11,13-14H,3-5,12H2,1-2H3. The lowest BCUT2D eigenvalue weighted by molar-refractivity contribution is -0.137. The number of thiazole rings is 1. The summed E-state index contributed by atoms with van der Waals surface area (Å²) >= 11 is 1.50. The highest BCUT2D eigenvalue weighted by molar-refractivity contribution is 7.09. The fourth-order valence-electron chi connectivity index (χ4n) is 2.85. The largest absolute Gasteiger partial charge is 0.493 e. The van der Waals surface area contributed by atoms with Gasteiger partial charge in [0.25, 0.3) is 0 Å². The van der Waals surface area contributed by atoms with Gasteiger partial charge in [0.05, 0.1) is 30.0 Å². The molecule has 154 valence electrons. The van der Waals surface area contributed by atoms with Crippen molar-refractivity contribution >= 4 is 11.3 Å². The molecule has 2 aromatic carbocycles. The molecule has 0 unspecified atom stereocenters. The van der Waals surface area contributed by atoms with E-state index in [-0.39, 0.29) is 0 Å². The van der Waals surface area contributed by atoms with Crippen molar-refractivity contribution in [1.29, 1.82) is 0 Å². The van der Waals surface area contributed by atoms with Gasteiger partial charge < -0.3 is 9.47 Å². The van der Waals surface area contributed by atoms with Crippen molar-refractivity contribution in [2.24, 2.45) is 0 Å². The summed E-state index contributed by atoms with van der Waals surface area (Å²) in [5, 5.41) is 2.80. The second kappa shape index (κ2) is 9.31. The molecular weight excluding hydrogens is 399 g/mol. The SMILES string of the molecule is CCc1ccc(OC)c(OCCCc2nc(-c3ccc(C(F)(F)F)cc3)cs2)c1. The summed E-state index contributed by atoms with van der Waals surface area (Å²) in [6.07, 6.45) is -1.89. The van der Waals surface area contributed by atoms with E-state index in [1.165, 1.54) is 29.0 Å². The van der Waals surface area contributed by atoms with Crippen molar-refractivity contribution in [3.63, 3.8) is 0 Å². The van der Waals surface area contributed by atoms with Gasteiger partial charge in [0.2, 0.25) is 0 Å². The lowest BCUT2D eigenvalue weighted by Crippen LogP contribution is -2.04. The molecule has 7 heteroatoms. The number of nitrogens with zero attached hydrogens (tertiary/aromatic N) is 1. The van der Waals surface area contributed by atoms with E-state index in [0.717, 1.165) is 42.2 Å².